The Morgan fingerprint density at radius 3 is 2.78 bits per heavy atom. The van der Waals surface area contributed by atoms with Gasteiger partial charge in [0.1, 0.15) is 6.04 Å². The first-order valence-corrected chi connectivity index (χ1v) is 8.30. The average Bonchev–Trinajstić information content (AvgIpc) is 3.21. The molecule has 1 aromatic heterocycles. The number of carbonyl (C=O) groups is 2. The zero-order valence-electron chi connectivity index (χ0n) is 13.6. The Labute approximate surface area is 136 Å². The van der Waals surface area contributed by atoms with E-state index in [4.69, 9.17) is 4.74 Å². The van der Waals surface area contributed by atoms with Crippen LogP contribution < -0.4 is 0 Å². The van der Waals surface area contributed by atoms with Gasteiger partial charge in [-0.1, -0.05) is 0 Å². The van der Waals surface area contributed by atoms with Crippen molar-refractivity contribution in [2.75, 3.05) is 32.8 Å². The molecule has 126 valence electrons. The molecule has 2 aliphatic heterocycles. The standard InChI is InChI=1S/C16H24N4O3/c1-13-11-17-19(12-13)6-4-15(21)20-5-2-3-14(20)16(22)18-7-9-23-10-8-18/h11-12,14H,2-10H2,1H3/t14-/m0/s1. The lowest BCUT2D eigenvalue weighted by Gasteiger charge is -2.32. The van der Waals surface area contributed by atoms with E-state index >= 15 is 0 Å². The van der Waals surface area contributed by atoms with E-state index in [2.05, 4.69) is 5.10 Å². The molecule has 2 saturated heterocycles. The zero-order chi connectivity index (χ0) is 16.2. The Balaban J connectivity index is 1.56. The van der Waals surface area contributed by atoms with Crippen LogP contribution >= 0.6 is 0 Å². The fourth-order valence-corrected chi connectivity index (χ4v) is 3.26. The van der Waals surface area contributed by atoms with E-state index in [0.29, 0.717) is 45.8 Å². The maximum atomic E-state index is 12.7. The van der Waals surface area contributed by atoms with E-state index in [-0.39, 0.29) is 17.9 Å². The molecule has 3 heterocycles. The molecule has 1 atom stereocenters. The molecule has 23 heavy (non-hydrogen) atoms. The Bertz CT molecular complexity index is 565. The van der Waals surface area contributed by atoms with Crippen molar-refractivity contribution in [3.8, 4) is 0 Å². The highest BCUT2D eigenvalue weighted by Gasteiger charge is 2.36. The van der Waals surface area contributed by atoms with Gasteiger partial charge in [-0.05, 0) is 25.3 Å². The molecule has 0 aromatic carbocycles. The molecule has 1 aromatic rings. The lowest BCUT2D eigenvalue weighted by Crippen LogP contribution is -2.51. The van der Waals surface area contributed by atoms with Crippen molar-refractivity contribution in [1.82, 2.24) is 19.6 Å². The number of rotatable bonds is 4. The molecule has 2 amide bonds. The van der Waals surface area contributed by atoms with Gasteiger partial charge in [-0.3, -0.25) is 14.3 Å². The SMILES string of the molecule is Cc1cnn(CCC(=O)N2CCC[C@H]2C(=O)N2CCOCC2)c1. The number of likely N-dealkylation sites (tertiary alicyclic amines) is 1. The van der Waals surface area contributed by atoms with Crippen molar-refractivity contribution >= 4 is 11.8 Å². The summed E-state index contributed by atoms with van der Waals surface area (Å²) in [5, 5.41) is 4.20. The molecule has 2 fully saturated rings. The minimum atomic E-state index is -0.292. The Hall–Kier alpha value is -1.89. The Morgan fingerprint density at radius 1 is 1.30 bits per heavy atom. The van der Waals surface area contributed by atoms with Gasteiger partial charge in [0.05, 0.1) is 19.4 Å². The quantitative estimate of drug-likeness (QED) is 0.807. The number of aromatic nitrogens is 2. The maximum absolute atomic E-state index is 12.7. The molecule has 0 bridgehead atoms. The topological polar surface area (TPSA) is 67.7 Å². The summed E-state index contributed by atoms with van der Waals surface area (Å²) in [4.78, 5) is 28.8. The molecule has 7 heteroatoms. The van der Waals surface area contributed by atoms with E-state index in [1.807, 2.05) is 18.0 Å². The molecular formula is C16H24N4O3. The van der Waals surface area contributed by atoms with Crippen molar-refractivity contribution < 1.29 is 14.3 Å². The lowest BCUT2D eigenvalue weighted by molar-refractivity contribution is -0.146. The lowest BCUT2D eigenvalue weighted by atomic mass is 10.1. The largest absolute Gasteiger partial charge is 0.378 e. The summed E-state index contributed by atoms with van der Waals surface area (Å²) >= 11 is 0. The summed E-state index contributed by atoms with van der Waals surface area (Å²) in [6.07, 6.45) is 5.75. The number of morpholine rings is 1. The molecule has 0 spiro atoms. The van der Waals surface area contributed by atoms with Crippen LogP contribution in [0.25, 0.3) is 0 Å². The molecule has 0 N–H and O–H groups in total. The second kappa shape index (κ2) is 7.12. The first-order chi connectivity index (χ1) is 11.1. The zero-order valence-corrected chi connectivity index (χ0v) is 13.6. The number of ether oxygens (including phenoxy) is 1. The van der Waals surface area contributed by atoms with Crippen molar-refractivity contribution in [2.24, 2.45) is 0 Å². The summed E-state index contributed by atoms with van der Waals surface area (Å²) in [5.74, 6) is 0.122. The van der Waals surface area contributed by atoms with Gasteiger partial charge in [-0.15, -0.1) is 0 Å². The monoisotopic (exact) mass is 320 g/mol. The maximum Gasteiger partial charge on any atom is 0.245 e. The van der Waals surface area contributed by atoms with E-state index in [0.717, 1.165) is 18.4 Å². The molecule has 0 unspecified atom stereocenters. The summed E-state index contributed by atoms with van der Waals surface area (Å²) in [6.45, 7) is 5.64. The first-order valence-electron chi connectivity index (χ1n) is 8.30. The van der Waals surface area contributed by atoms with Crippen LogP contribution in [-0.2, 0) is 20.9 Å². The van der Waals surface area contributed by atoms with Gasteiger partial charge in [0.25, 0.3) is 0 Å². The highest BCUT2D eigenvalue weighted by Crippen LogP contribution is 2.21. The van der Waals surface area contributed by atoms with Gasteiger partial charge >= 0.3 is 0 Å². The summed E-state index contributed by atoms with van der Waals surface area (Å²) < 4.78 is 7.07. The van der Waals surface area contributed by atoms with E-state index in [1.165, 1.54) is 0 Å². The number of hydrogen-bond acceptors (Lipinski definition) is 4. The molecule has 7 nitrogen and oxygen atoms in total. The van der Waals surface area contributed by atoms with Crippen LogP contribution in [0.2, 0.25) is 0 Å². The van der Waals surface area contributed by atoms with Gasteiger partial charge in [-0.25, -0.2) is 0 Å². The molecule has 2 aliphatic rings. The Kier molecular flexibility index (Phi) is 4.95. The number of amides is 2. The fourth-order valence-electron chi connectivity index (χ4n) is 3.26. The van der Waals surface area contributed by atoms with Crippen molar-refractivity contribution in [2.45, 2.75) is 38.8 Å². The minimum Gasteiger partial charge on any atom is -0.378 e. The molecule has 0 saturated carbocycles. The normalized spacial score (nSPS) is 21.7. The fraction of sp³-hybridized carbons (Fsp3) is 0.688. The predicted molar refractivity (Wildman–Crippen MR) is 83.7 cm³/mol. The van der Waals surface area contributed by atoms with Crippen LogP contribution in [-0.4, -0.2) is 70.3 Å². The van der Waals surface area contributed by atoms with Crippen LogP contribution in [0.5, 0.6) is 0 Å². The smallest absolute Gasteiger partial charge is 0.245 e. The third-order valence-electron chi connectivity index (χ3n) is 4.50. The number of aryl methyl sites for hydroxylation is 2. The van der Waals surface area contributed by atoms with Gasteiger partial charge in [0.15, 0.2) is 0 Å². The van der Waals surface area contributed by atoms with E-state index in [1.54, 1.807) is 15.8 Å². The second-order valence-electron chi connectivity index (χ2n) is 6.21. The van der Waals surface area contributed by atoms with Crippen LogP contribution in [0.4, 0.5) is 0 Å². The first kappa shape index (κ1) is 16.0. The van der Waals surface area contributed by atoms with Gasteiger partial charge in [0, 0.05) is 38.8 Å². The third-order valence-corrected chi connectivity index (χ3v) is 4.50. The van der Waals surface area contributed by atoms with E-state index in [9.17, 15) is 9.59 Å². The predicted octanol–water partition coefficient (Wildman–Crippen LogP) is 0.431. The molecule has 0 radical (unpaired) electrons. The summed E-state index contributed by atoms with van der Waals surface area (Å²) in [7, 11) is 0. The minimum absolute atomic E-state index is 0.0438. The molecule has 0 aliphatic carbocycles. The summed E-state index contributed by atoms with van der Waals surface area (Å²) in [6, 6.07) is -0.292. The number of carbonyl (C=O) groups excluding carboxylic acids is 2. The van der Waals surface area contributed by atoms with Crippen molar-refractivity contribution in [3.63, 3.8) is 0 Å². The summed E-state index contributed by atoms with van der Waals surface area (Å²) in [5.41, 5.74) is 1.08. The average molecular weight is 320 g/mol. The third kappa shape index (κ3) is 3.72. The van der Waals surface area contributed by atoms with Crippen molar-refractivity contribution in [1.29, 1.82) is 0 Å². The van der Waals surface area contributed by atoms with Crippen LogP contribution in [0, 0.1) is 6.92 Å². The number of nitrogens with zero attached hydrogens (tertiary/aromatic N) is 4. The van der Waals surface area contributed by atoms with Gasteiger partial charge in [0.2, 0.25) is 11.8 Å². The van der Waals surface area contributed by atoms with Gasteiger partial charge < -0.3 is 14.5 Å². The highest BCUT2D eigenvalue weighted by atomic mass is 16.5. The second-order valence-corrected chi connectivity index (χ2v) is 6.21. The van der Waals surface area contributed by atoms with Crippen LogP contribution in [0.15, 0.2) is 12.4 Å². The number of hydrogen-bond donors (Lipinski definition) is 0. The van der Waals surface area contributed by atoms with Crippen LogP contribution in [0.3, 0.4) is 0 Å². The Morgan fingerprint density at radius 2 is 2.09 bits per heavy atom. The van der Waals surface area contributed by atoms with Crippen LogP contribution in [0.1, 0.15) is 24.8 Å². The molecule has 3 rings (SSSR count). The van der Waals surface area contributed by atoms with Gasteiger partial charge in [-0.2, -0.15) is 5.10 Å². The van der Waals surface area contributed by atoms with E-state index < -0.39 is 0 Å². The highest BCUT2D eigenvalue weighted by molar-refractivity contribution is 5.88. The van der Waals surface area contributed by atoms with Crippen molar-refractivity contribution in [3.05, 3.63) is 18.0 Å². The molecular weight excluding hydrogens is 296 g/mol.